The third-order valence-electron chi connectivity index (χ3n) is 2.73. The van der Waals surface area contributed by atoms with Gasteiger partial charge in [-0.25, -0.2) is 8.78 Å². The van der Waals surface area contributed by atoms with Crippen LogP contribution < -0.4 is 10.1 Å². The van der Waals surface area contributed by atoms with Gasteiger partial charge >= 0.3 is 0 Å². The Labute approximate surface area is 126 Å². The third-order valence-corrected chi connectivity index (χ3v) is 3.04. The van der Waals surface area contributed by atoms with Crippen LogP contribution in [0.1, 0.15) is 0 Å². The quantitative estimate of drug-likeness (QED) is 0.858. The summed E-state index contributed by atoms with van der Waals surface area (Å²) in [7, 11) is 0. The Bertz CT molecular complexity index is 610. The monoisotopic (exact) mass is 313 g/mol. The SMILES string of the molecule is OC(CNc1ccc(F)c(F)c1)COc1ccccc1Cl. The van der Waals surface area contributed by atoms with E-state index in [0.29, 0.717) is 16.5 Å². The highest BCUT2D eigenvalue weighted by molar-refractivity contribution is 6.32. The lowest BCUT2D eigenvalue weighted by atomic mass is 10.3. The fourth-order valence-corrected chi connectivity index (χ4v) is 1.84. The molecule has 0 aliphatic heterocycles. The van der Waals surface area contributed by atoms with Crippen molar-refractivity contribution in [2.75, 3.05) is 18.5 Å². The van der Waals surface area contributed by atoms with Crippen molar-refractivity contribution in [1.29, 1.82) is 0 Å². The lowest BCUT2D eigenvalue weighted by Crippen LogP contribution is -2.26. The number of para-hydroxylation sites is 1. The molecule has 0 bridgehead atoms. The lowest BCUT2D eigenvalue weighted by molar-refractivity contribution is 0.117. The number of ether oxygens (including phenoxy) is 1. The predicted molar refractivity (Wildman–Crippen MR) is 77.8 cm³/mol. The van der Waals surface area contributed by atoms with E-state index in [1.54, 1.807) is 24.3 Å². The van der Waals surface area contributed by atoms with E-state index in [9.17, 15) is 13.9 Å². The zero-order chi connectivity index (χ0) is 15.2. The molecule has 0 aromatic heterocycles. The molecule has 0 saturated heterocycles. The molecule has 0 aliphatic rings. The zero-order valence-corrected chi connectivity index (χ0v) is 11.8. The number of hydrogen-bond acceptors (Lipinski definition) is 3. The zero-order valence-electron chi connectivity index (χ0n) is 11.0. The van der Waals surface area contributed by atoms with Crippen LogP contribution in [0.25, 0.3) is 0 Å². The van der Waals surface area contributed by atoms with Gasteiger partial charge in [0.25, 0.3) is 0 Å². The van der Waals surface area contributed by atoms with Gasteiger partial charge in [0.15, 0.2) is 11.6 Å². The largest absolute Gasteiger partial charge is 0.489 e. The summed E-state index contributed by atoms with van der Waals surface area (Å²) in [5, 5.41) is 13.0. The molecule has 2 rings (SSSR count). The fraction of sp³-hybridized carbons (Fsp3) is 0.200. The molecule has 0 spiro atoms. The van der Waals surface area contributed by atoms with E-state index in [2.05, 4.69) is 5.32 Å². The molecular weight excluding hydrogens is 300 g/mol. The highest BCUT2D eigenvalue weighted by Crippen LogP contribution is 2.23. The van der Waals surface area contributed by atoms with Crippen molar-refractivity contribution in [3.8, 4) is 5.75 Å². The van der Waals surface area contributed by atoms with Gasteiger partial charge in [-0.15, -0.1) is 0 Å². The van der Waals surface area contributed by atoms with Crippen LogP contribution in [0.15, 0.2) is 42.5 Å². The van der Waals surface area contributed by atoms with Crippen molar-refractivity contribution in [1.82, 2.24) is 0 Å². The molecule has 1 atom stereocenters. The smallest absolute Gasteiger partial charge is 0.160 e. The number of nitrogens with one attached hydrogen (secondary N) is 1. The summed E-state index contributed by atoms with van der Waals surface area (Å²) in [5.74, 6) is -1.38. The van der Waals surface area contributed by atoms with Gasteiger partial charge in [-0.3, -0.25) is 0 Å². The summed E-state index contributed by atoms with van der Waals surface area (Å²) in [6, 6.07) is 10.4. The van der Waals surface area contributed by atoms with Crippen LogP contribution >= 0.6 is 11.6 Å². The third kappa shape index (κ3) is 4.58. The van der Waals surface area contributed by atoms with E-state index in [1.807, 2.05) is 0 Å². The van der Waals surface area contributed by atoms with Crippen molar-refractivity contribution >= 4 is 17.3 Å². The van der Waals surface area contributed by atoms with Gasteiger partial charge in [0.1, 0.15) is 18.5 Å². The molecule has 0 heterocycles. The van der Waals surface area contributed by atoms with Gasteiger partial charge in [-0.05, 0) is 24.3 Å². The maximum atomic E-state index is 13.0. The molecule has 0 radical (unpaired) electrons. The number of anilines is 1. The molecule has 0 saturated carbocycles. The number of aliphatic hydroxyl groups excluding tert-OH is 1. The number of halogens is 3. The van der Waals surface area contributed by atoms with Crippen molar-refractivity contribution in [2.24, 2.45) is 0 Å². The van der Waals surface area contributed by atoms with Gasteiger partial charge in [0, 0.05) is 18.3 Å². The summed E-state index contributed by atoms with van der Waals surface area (Å²) >= 11 is 5.91. The van der Waals surface area contributed by atoms with Crippen LogP contribution in [-0.4, -0.2) is 24.4 Å². The van der Waals surface area contributed by atoms with Crippen molar-refractivity contribution in [3.63, 3.8) is 0 Å². The Morgan fingerprint density at radius 2 is 1.90 bits per heavy atom. The predicted octanol–water partition coefficient (Wildman–Crippen LogP) is 3.47. The normalized spacial score (nSPS) is 12.0. The first kappa shape index (κ1) is 15.5. The molecule has 21 heavy (non-hydrogen) atoms. The van der Waals surface area contributed by atoms with E-state index < -0.39 is 17.7 Å². The van der Waals surface area contributed by atoms with Crippen molar-refractivity contribution < 1.29 is 18.6 Å². The van der Waals surface area contributed by atoms with Crippen molar-refractivity contribution in [3.05, 3.63) is 59.1 Å². The van der Waals surface area contributed by atoms with Crippen molar-refractivity contribution in [2.45, 2.75) is 6.10 Å². The first-order valence-corrected chi connectivity index (χ1v) is 6.68. The first-order valence-electron chi connectivity index (χ1n) is 6.30. The van der Waals surface area contributed by atoms with Gasteiger partial charge < -0.3 is 15.2 Å². The molecule has 6 heteroatoms. The Kier molecular flexibility index (Phi) is 5.36. The maximum absolute atomic E-state index is 13.0. The molecule has 2 aromatic rings. The molecule has 0 fully saturated rings. The number of aliphatic hydroxyl groups is 1. The molecule has 2 aromatic carbocycles. The highest BCUT2D eigenvalue weighted by atomic mass is 35.5. The second-order valence-electron chi connectivity index (χ2n) is 4.41. The minimum Gasteiger partial charge on any atom is -0.489 e. The number of hydrogen-bond donors (Lipinski definition) is 2. The summed E-state index contributed by atoms with van der Waals surface area (Å²) < 4.78 is 31.1. The second kappa shape index (κ2) is 7.24. The van der Waals surface area contributed by atoms with E-state index in [1.165, 1.54) is 6.07 Å². The Morgan fingerprint density at radius 3 is 2.62 bits per heavy atom. The molecular formula is C15H14ClF2NO2. The Morgan fingerprint density at radius 1 is 1.14 bits per heavy atom. The van der Waals surface area contributed by atoms with Crippen LogP contribution in [0.3, 0.4) is 0 Å². The summed E-state index contributed by atoms with van der Waals surface area (Å²) in [4.78, 5) is 0. The van der Waals surface area contributed by atoms with Gasteiger partial charge in [0.2, 0.25) is 0 Å². The molecule has 2 N–H and O–H groups in total. The first-order chi connectivity index (χ1) is 10.1. The fourth-order valence-electron chi connectivity index (χ4n) is 1.65. The molecule has 1 unspecified atom stereocenters. The van der Waals surface area contributed by atoms with E-state index in [4.69, 9.17) is 16.3 Å². The second-order valence-corrected chi connectivity index (χ2v) is 4.81. The maximum Gasteiger partial charge on any atom is 0.160 e. The van der Waals surface area contributed by atoms with Gasteiger partial charge in [-0.1, -0.05) is 23.7 Å². The van der Waals surface area contributed by atoms with Crippen LogP contribution in [0.5, 0.6) is 5.75 Å². The summed E-state index contributed by atoms with van der Waals surface area (Å²) in [6.07, 6.45) is -0.825. The number of rotatable bonds is 6. The number of benzene rings is 2. The lowest BCUT2D eigenvalue weighted by Gasteiger charge is -2.14. The minimum absolute atomic E-state index is 0.0282. The molecule has 0 aliphatic carbocycles. The van der Waals surface area contributed by atoms with Gasteiger partial charge in [-0.2, -0.15) is 0 Å². The molecule has 112 valence electrons. The standard InChI is InChI=1S/C15H14ClF2NO2/c16-12-3-1-2-4-15(12)21-9-11(20)8-19-10-5-6-13(17)14(18)7-10/h1-7,11,19-20H,8-9H2. The highest BCUT2D eigenvalue weighted by Gasteiger charge is 2.08. The van der Waals surface area contributed by atoms with Crippen LogP contribution in [0.2, 0.25) is 5.02 Å². The van der Waals surface area contributed by atoms with Crippen LogP contribution in [-0.2, 0) is 0 Å². The summed E-state index contributed by atoms with van der Waals surface area (Å²) in [5.41, 5.74) is 0.380. The average molecular weight is 314 g/mol. The Balaban J connectivity index is 1.81. The Hall–Kier alpha value is -1.85. The van der Waals surface area contributed by atoms with Crippen LogP contribution in [0, 0.1) is 11.6 Å². The topological polar surface area (TPSA) is 41.5 Å². The average Bonchev–Trinajstić information content (AvgIpc) is 2.47. The van der Waals surface area contributed by atoms with E-state index >= 15 is 0 Å². The minimum atomic E-state index is -0.943. The molecule has 3 nitrogen and oxygen atoms in total. The van der Waals surface area contributed by atoms with E-state index in [0.717, 1.165) is 12.1 Å². The van der Waals surface area contributed by atoms with Crippen LogP contribution in [0.4, 0.5) is 14.5 Å². The van der Waals surface area contributed by atoms with Gasteiger partial charge in [0.05, 0.1) is 5.02 Å². The van der Waals surface area contributed by atoms with E-state index in [-0.39, 0.29) is 13.2 Å². The molecule has 0 amide bonds. The summed E-state index contributed by atoms with van der Waals surface area (Å²) in [6.45, 7) is 0.163.